The van der Waals surface area contributed by atoms with Gasteiger partial charge in [0.15, 0.2) is 11.5 Å². The largest absolute Gasteiger partial charge is 0.543 e. The topological polar surface area (TPSA) is 27.7 Å². The van der Waals surface area contributed by atoms with Crippen LogP contribution in [0.1, 0.15) is 77.5 Å². The summed E-state index contributed by atoms with van der Waals surface area (Å²) in [6.07, 6.45) is 5.52. The Kier molecular flexibility index (Phi) is 6.72. The van der Waals surface area contributed by atoms with E-state index >= 15 is 0 Å². The van der Waals surface area contributed by atoms with Crippen LogP contribution in [0.4, 0.5) is 0 Å². The van der Waals surface area contributed by atoms with Crippen molar-refractivity contribution in [3.05, 3.63) is 22.8 Å². The number of fused-ring (bicyclic) bond motifs is 1. The molecule has 1 unspecified atom stereocenters. The maximum atomic E-state index is 6.93. The van der Waals surface area contributed by atoms with Crippen LogP contribution in [0.5, 0.6) is 17.2 Å². The van der Waals surface area contributed by atoms with Crippen LogP contribution in [-0.2, 0) is 0 Å². The van der Waals surface area contributed by atoms with Crippen LogP contribution in [-0.4, -0.2) is 23.7 Å². The lowest BCUT2D eigenvalue weighted by atomic mass is 9.85. The molecule has 0 aliphatic heterocycles. The zero-order valence-electron chi connectivity index (χ0n) is 21.7. The minimum Gasteiger partial charge on any atom is -0.543 e. The molecule has 0 fully saturated rings. The van der Waals surface area contributed by atoms with Gasteiger partial charge >= 0.3 is 0 Å². The van der Waals surface area contributed by atoms with Crippen LogP contribution in [0.15, 0.2) is 6.08 Å². The quantitative estimate of drug-likeness (QED) is 0.424. The van der Waals surface area contributed by atoms with Gasteiger partial charge in [-0.25, -0.2) is 0 Å². The Hall–Kier alpha value is -1.21. The predicted molar refractivity (Wildman–Crippen MR) is 135 cm³/mol. The van der Waals surface area contributed by atoms with E-state index < -0.39 is 16.6 Å². The van der Waals surface area contributed by atoms with Gasteiger partial charge in [-0.05, 0) is 55.5 Å². The van der Waals surface area contributed by atoms with Gasteiger partial charge in [0.05, 0.1) is 7.11 Å². The lowest BCUT2D eigenvalue weighted by Gasteiger charge is -2.41. The molecule has 0 heterocycles. The van der Waals surface area contributed by atoms with E-state index in [0.29, 0.717) is 5.92 Å². The molecule has 2 rings (SSSR count). The van der Waals surface area contributed by atoms with Gasteiger partial charge in [0.2, 0.25) is 0 Å². The number of allylic oxidation sites excluding steroid dienone is 1. The monoisotopic (exact) mass is 448 g/mol. The van der Waals surface area contributed by atoms with E-state index in [1.165, 1.54) is 11.1 Å². The van der Waals surface area contributed by atoms with Crippen LogP contribution < -0.4 is 13.6 Å². The molecule has 1 aliphatic carbocycles. The molecule has 1 aliphatic rings. The number of hydrogen-bond donors (Lipinski definition) is 0. The zero-order valence-corrected chi connectivity index (χ0v) is 23.7. The Morgan fingerprint density at radius 3 is 1.73 bits per heavy atom. The number of hydrogen-bond acceptors (Lipinski definition) is 3. The predicted octanol–water partition coefficient (Wildman–Crippen LogP) is 8.29. The summed E-state index contributed by atoms with van der Waals surface area (Å²) >= 11 is 0. The van der Waals surface area contributed by atoms with Gasteiger partial charge in [0.25, 0.3) is 16.6 Å². The molecule has 1 atom stereocenters. The van der Waals surface area contributed by atoms with Crippen LogP contribution in [0.3, 0.4) is 0 Å². The maximum absolute atomic E-state index is 6.93. The molecule has 0 saturated carbocycles. The lowest BCUT2D eigenvalue weighted by molar-refractivity contribution is 0.375. The number of ether oxygens (including phenoxy) is 1. The number of methoxy groups -OCH3 is 1. The molecule has 0 spiro atoms. The van der Waals surface area contributed by atoms with Crippen molar-refractivity contribution in [3.63, 3.8) is 0 Å². The molecule has 0 radical (unpaired) electrons. The molecule has 1 aromatic carbocycles. The second-order valence-corrected chi connectivity index (χ2v) is 21.4. The molecule has 0 bridgehead atoms. The van der Waals surface area contributed by atoms with E-state index in [9.17, 15) is 0 Å². The lowest BCUT2D eigenvalue weighted by Crippen LogP contribution is -2.45. The Morgan fingerprint density at radius 2 is 1.30 bits per heavy atom. The van der Waals surface area contributed by atoms with Gasteiger partial charge in [-0.2, -0.15) is 0 Å². The van der Waals surface area contributed by atoms with Crippen molar-refractivity contribution >= 4 is 22.7 Å². The molecule has 3 nitrogen and oxygen atoms in total. The molecule has 1 aromatic rings. The highest BCUT2D eigenvalue weighted by Crippen LogP contribution is 2.53. The highest BCUT2D eigenvalue weighted by atomic mass is 28.4. The Bertz CT molecular complexity index is 825. The summed E-state index contributed by atoms with van der Waals surface area (Å²) in [7, 11) is -2.29. The average Bonchev–Trinajstić information content (AvgIpc) is 2.56. The van der Waals surface area contributed by atoms with E-state index in [0.717, 1.165) is 29.2 Å². The molecule has 5 heteroatoms. The molecule has 170 valence electrons. The smallest absolute Gasteiger partial charge is 0.250 e. The second kappa shape index (κ2) is 8.05. The minimum atomic E-state index is -2.04. The highest BCUT2D eigenvalue weighted by molar-refractivity contribution is 6.75. The Labute approximate surface area is 187 Å². The molecule has 0 saturated heterocycles. The Balaban J connectivity index is 2.79. The van der Waals surface area contributed by atoms with Crippen LogP contribution in [0.25, 0.3) is 6.08 Å². The normalized spacial score (nSPS) is 17.6. The molecule has 0 aromatic heterocycles. The van der Waals surface area contributed by atoms with Gasteiger partial charge in [-0.15, -0.1) is 0 Å². The average molecular weight is 449 g/mol. The molecule has 0 N–H and O–H groups in total. The summed E-state index contributed by atoms with van der Waals surface area (Å²) in [6.45, 7) is 27.3. The fraction of sp³-hybridized carbons (Fsp3) is 0.680. The first kappa shape index (κ1) is 25.1. The van der Waals surface area contributed by atoms with Crippen molar-refractivity contribution in [1.29, 1.82) is 0 Å². The molecule has 0 amide bonds. The number of benzene rings is 1. The summed E-state index contributed by atoms with van der Waals surface area (Å²) in [6, 6.07) is 0. The van der Waals surface area contributed by atoms with Crippen molar-refractivity contribution in [1.82, 2.24) is 0 Å². The standard InChI is InChI=1S/C25H44O3Si2/c1-17-15-14-16-19-20(17)23(28-30(12,13)25(6,7)8)22(26-9)18(2)21(19)27-29(10,11)24(3,4)5/h14,16-17H,15H2,1-13H3. The molecular weight excluding hydrogens is 404 g/mol. The second-order valence-electron chi connectivity index (χ2n) is 11.9. The zero-order chi connectivity index (χ0) is 23.3. The Morgan fingerprint density at radius 1 is 0.833 bits per heavy atom. The SMILES string of the molecule is COc1c(C)c(O[Si](C)(C)C(C)(C)C)c2c(c1O[Si](C)(C)C(C)(C)C)C(C)CC=C2. The van der Waals surface area contributed by atoms with Gasteiger partial charge in [-0.3, -0.25) is 0 Å². The third-order valence-electron chi connectivity index (χ3n) is 7.46. The summed E-state index contributed by atoms with van der Waals surface area (Å²) in [5.41, 5.74) is 3.48. The van der Waals surface area contributed by atoms with Gasteiger partial charge in [0, 0.05) is 16.7 Å². The third kappa shape index (κ3) is 4.52. The summed E-state index contributed by atoms with van der Waals surface area (Å²) in [4.78, 5) is 0. The minimum absolute atomic E-state index is 0.114. The van der Waals surface area contributed by atoms with Crippen molar-refractivity contribution < 1.29 is 13.6 Å². The summed E-state index contributed by atoms with van der Waals surface area (Å²) in [5, 5.41) is 0.239. The van der Waals surface area contributed by atoms with Crippen molar-refractivity contribution in [2.45, 2.75) is 104 Å². The van der Waals surface area contributed by atoms with Gasteiger partial charge in [0.1, 0.15) is 5.75 Å². The summed E-state index contributed by atoms with van der Waals surface area (Å²) in [5.74, 6) is 3.13. The fourth-order valence-electron chi connectivity index (χ4n) is 3.30. The highest BCUT2D eigenvalue weighted by Gasteiger charge is 2.43. The van der Waals surface area contributed by atoms with Crippen molar-refractivity contribution in [3.8, 4) is 17.2 Å². The van der Waals surface area contributed by atoms with E-state index in [1.807, 2.05) is 0 Å². The maximum Gasteiger partial charge on any atom is 0.250 e. The summed E-state index contributed by atoms with van der Waals surface area (Å²) < 4.78 is 19.8. The fourth-order valence-corrected chi connectivity index (χ4v) is 5.40. The van der Waals surface area contributed by atoms with E-state index in [4.69, 9.17) is 13.6 Å². The third-order valence-corrected chi connectivity index (χ3v) is 16.1. The first-order valence-electron chi connectivity index (χ1n) is 11.2. The van der Waals surface area contributed by atoms with Gasteiger partial charge < -0.3 is 13.6 Å². The van der Waals surface area contributed by atoms with E-state index in [2.05, 4.69) is 93.7 Å². The first-order chi connectivity index (χ1) is 13.4. The molecule has 30 heavy (non-hydrogen) atoms. The van der Waals surface area contributed by atoms with Crippen LogP contribution >= 0.6 is 0 Å². The van der Waals surface area contributed by atoms with Gasteiger partial charge in [-0.1, -0.05) is 60.6 Å². The van der Waals surface area contributed by atoms with Crippen molar-refractivity contribution in [2.75, 3.05) is 7.11 Å². The van der Waals surface area contributed by atoms with Crippen LogP contribution in [0.2, 0.25) is 36.3 Å². The van der Waals surface area contributed by atoms with Crippen LogP contribution in [0, 0.1) is 6.92 Å². The first-order valence-corrected chi connectivity index (χ1v) is 17.0. The van der Waals surface area contributed by atoms with E-state index in [1.54, 1.807) is 7.11 Å². The molecular formula is C25H44O3Si2. The van der Waals surface area contributed by atoms with Crippen molar-refractivity contribution in [2.24, 2.45) is 0 Å². The van der Waals surface area contributed by atoms with E-state index in [-0.39, 0.29) is 10.1 Å². The number of rotatable bonds is 5.